The van der Waals surface area contributed by atoms with E-state index in [1.165, 1.54) is 0 Å². The van der Waals surface area contributed by atoms with Crippen LogP contribution >= 0.6 is 0 Å². The maximum absolute atomic E-state index is 14.0. The molecule has 55 heavy (non-hydrogen) atoms. The molecule has 0 atom stereocenters. The lowest BCUT2D eigenvalue weighted by Crippen LogP contribution is -2.70. The maximum atomic E-state index is 14.0. The highest BCUT2D eigenvalue weighted by atomic mass is 19.4. The van der Waals surface area contributed by atoms with E-state index in [4.69, 9.17) is 9.47 Å². The Labute approximate surface area is 287 Å². The average Bonchev–Trinajstić information content (AvgIpc) is 2.99. The van der Waals surface area contributed by atoms with Crippen molar-refractivity contribution >= 4 is 5.78 Å². The molecule has 1 rings (SSSR count). The van der Waals surface area contributed by atoms with Crippen molar-refractivity contribution in [1.29, 1.82) is 0 Å². The van der Waals surface area contributed by atoms with Gasteiger partial charge in [-0.05, 0) is 38.0 Å². The van der Waals surface area contributed by atoms with E-state index >= 15 is 0 Å². The highest BCUT2D eigenvalue weighted by Gasteiger charge is 2.92. The number of carbonyl (C=O) groups excluding carboxylic acids is 1. The zero-order chi connectivity index (χ0) is 44.1. The van der Waals surface area contributed by atoms with E-state index in [2.05, 4.69) is 0 Å². The van der Waals surface area contributed by atoms with Crippen LogP contribution in [0.2, 0.25) is 0 Å². The zero-order valence-electron chi connectivity index (χ0n) is 26.0. The van der Waals surface area contributed by atoms with E-state index in [1.54, 1.807) is 0 Å². The fourth-order valence-corrected chi connectivity index (χ4v) is 3.83. The molecular formula is C26H18F26O3. The van der Waals surface area contributed by atoms with Crippen LogP contribution in [0.1, 0.15) is 43.0 Å². The predicted octanol–water partition coefficient (Wildman–Crippen LogP) is 11.7. The predicted molar refractivity (Wildman–Crippen MR) is 127 cm³/mol. The largest absolute Gasteiger partial charge is 0.490 e. The van der Waals surface area contributed by atoms with Crippen LogP contribution in [0.3, 0.4) is 0 Å². The number of Topliss-reactive ketones (excluding diaryl/α,β-unsaturated/α-hetero) is 1. The molecule has 0 fully saturated rings. The molecule has 0 saturated carbocycles. The molecule has 0 aliphatic heterocycles. The van der Waals surface area contributed by atoms with Gasteiger partial charge in [0.15, 0.2) is 17.3 Å². The molecule has 322 valence electrons. The summed E-state index contributed by atoms with van der Waals surface area (Å²) < 4.78 is 354. The molecule has 29 heteroatoms. The Balaban J connectivity index is 3.17. The number of halogens is 26. The number of benzene rings is 1. The molecular weight excluding hydrogens is 854 g/mol. The van der Waals surface area contributed by atoms with E-state index in [-0.39, 0.29) is 0 Å². The maximum Gasteiger partial charge on any atom is 0.460 e. The van der Waals surface area contributed by atoms with Crippen molar-refractivity contribution in [2.45, 2.75) is 104 Å². The van der Waals surface area contributed by atoms with Gasteiger partial charge < -0.3 is 9.47 Å². The number of ether oxygens (including phenoxy) is 2. The van der Waals surface area contributed by atoms with Crippen LogP contribution in [0.5, 0.6) is 11.5 Å². The molecule has 0 bridgehead atoms. The van der Waals surface area contributed by atoms with Gasteiger partial charge in [0.1, 0.15) is 0 Å². The van der Waals surface area contributed by atoms with Crippen LogP contribution in [0.25, 0.3) is 0 Å². The third-order valence-corrected chi connectivity index (χ3v) is 7.13. The van der Waals surface area contributed by atoms with Crippen molar-refractivity contribution in [2.75, 3.05) is 13.2 Å². The lowest BCUT2D eigenvalue weighted by molar-refractivity contribution is -0.440. The van der Waals surface area contributed by atoms with Crippen LogP contribution in [0.15, 0.2) is 18.2 Å². The lowest BCUT2D eigenvalue weighted by atomic mass is 9.92. The molecule has 0 aromatic heterocycles. The Hall–Kier alpha value is -3.33. The minimum absolute atomic E-state index is 0.475. The van der Waals surface area contributed by atoms with E-state index in [9.17, 15) is 119 Å². The van der Waals surface area contributed by atoms with Gasteiger partial charge in [-0.25, -0.2) is 0 Å². The third-order valence-electron chi connectivity index (χ3n) is 7.13. The Morgan fingerprint density at radius 2 is 0.727 bits per heavy atom. The molecule has 0 saturated heterocycles. The average molecular weight is 872 g/mol. The standard InChI is InChI=1S/C26H18F26O3/c1-11(53)12-4-5-13(54-8-2-6-15(27,28)17(31,32)19(35,36)21(39,40)23(43,44)25(47,48)49)14(10-12)55-9-3-7-16(29,30)18(33,34)20(37,38)22(41,42)24(45,46)26(50,51)52/h4-5,10H,2-3,6-9H2,1H3. The summed E-state index contributed by atoms with van der Waals surface area (Å²) >= 11 is 0. The van der Waals surface area contributed by atoms with Crippen LogP contribution in [-0.4, -0.2) is 90.6 Å². The zero-order valence-corrected chi connectivity index (χ0v) is 26.0. The Bertz CT molecular complexity index is 1490. The molecule has 0 aliphatic carbocycles. The molecule has 0 unspecified atom stereocenters. The van der Waals surface area contributed by atoms with Crippen LogP contribution in [-0.2, 0) is 0 Å². The first-order chi connectivity index (χ1) is 24.0. The summed E-state index contributed by atoms with van der Waals surface area (Å²) in [7, 11) is 0. The Morgan fingerprint density at radius 3 is 1.02 bits per heavy atom. The van der Waals surface area contributed by atoms with Gasteiger partial charge in [-0.15, -0.1) is 0 Å². The van der Waals surface area contributed by atoms with Gasteiger partial charge in [0.05, 0.1) is 13.2 Å². The normalized spacial score (nSPS) is 15.3. The van der Waals surface area contributed by atoms with Crippen LogP contribution in [0.4, 0.5) is 114 Å². The molecule has 3 nitrogen and oxygen atoms in total. The fraction of sp³-hybridized carbons (Fsp3) is 0.731. The van der Waals surface area contributed by atoms with Gasteiger partial charge in [-0.3, -0.25) is 4.79 Å². The van der Waals surface area contributed by atoms with Crippen molar-refractivity contribution in [3.05, 3.63) is 23.8 Å². The number of rotatable bonds is 19. The first kappa shape index (κ1) is 49.7. The monoisotopic (exact) mass is 872 g/mol. The summed E-state index contributed by atoms with van der Waals surface area (Å²) in [6.07, 6.45) is -24.3. The van der Waals surface area contributed by atoms with Crippen LogP contribution < -0.4 is 9.47 Å². The second-order valence-corrected chi connectivity index (χ2v) is 11.1. The minimum atomic E-state index is -8.19. The third kappa shape index (κ3) is 8.38. The summed E-state index contributed by atoms with van der Waals surface area (Å²) in [5.41, 5.74) is -0.475. The number of ketones is 1. The molecule has 0 amide bonds. The van der Waals surface area contributed by atoms with Crippen LogP contribution in [0, 0.1) is 0 Å². The Kier molecular flexibility index (Phi) is 13.4. The number of hydrogen-bond donors (Lipinski definition) is 0. The van der Waals surface area contributed by atoms with Crippen molar-refractivity contribution in [2.24, 2.45) is 0 Å². The SMILES string of the molecule is CC(=O)c1ccc(OCCCC(F)(F)C(F)(F)C(F)(F)C(F)(F)C(F)(F)C(F)(F)F)c(OCCCC(F)(F)C(F)(F)C(F)(F)C(F)(F)C(F)(F)C(F)(F)F)c1. The summed E-state index contributed by atoms with van der Waals surface area (Å²) in [6, 6.07) is 1.83. The summed E-state index contributed by atoms with van der Waals surface area (Å²) in [6.45, 7) is -2.20. The first-order valence-electron chi connectivity index (χ1n) is 13.8. The fourth-order valence-electron chi connectivity index (χ4n) is 3.83. The summed E-state index contributed by atoms with van der Waals surface area (Å²) in [5, 5.41) is 0. The lowest BCUT2D eigenvalue weighted by Gasteiger charge is -2.39. The van der Waals surface area contributed by atoms with Gasteiger partial charge in [0.25, 0.3) is 0 Å². The van der Waals surface area contributed by atoms with Gasteiger partial charge in [-0.2, -0.15) is 114 Å². The van der Waals surface area contributed by atoms with E-state index in [0.717, 1.165) is 13.0 Å². The Morgan fingerprint density at radius 1 is 0.436 bits per heavy atom. The summed E-state index contributed by atoms with van der Waals surface area (Å²) in [4.78, 5) is 11.6. The van der Waals surface area contributed by atoms with Crippen molar-refractivity contribution < 1.29 is 128 Å². The number of alkyl halides is 26. The minimum Gasteiger partial charge on any atom is -0.490 e. The quantitative estimate of drug-likeness (QED) is 0.0789. The van der Waals surface area contributed by atoms with Crippen molar-refractivity contribution in [3.8, 4) is 11.5 Å². The van der Waals surface area contributed by atoms with Gasteiger partial charge in [-0.1, -0.05) is 0 Å². The molecule has 0 radical (unpaired) electrons. The molecule has 0 spiro atoms. The number of carbonyl (C=O) groups is 1. The van der Waals surface area contributed by atoms with Crippen molar-refractivity contribution in [1.82, 2.24) is 0 Å². The topological polar surface area (TPSA) is 35.5 Å². The van der Waals surface area contributed by atoms with E-state index in [0.29, 0.717) is 12.1 Å². The van der Waals surface area contributed by atoms with Gasteiger partial charge in [0, 0.05) is 18.4 Å². The first-order valence-corrected chi connectivity index (χ1v) is 13.8. The highest BCUT2D eigenvalue weighted by Crippen LogP contribution is 2.62. The highest BCUT2D eigenvalue weighted by molar-refractivity contribution is 5.94. The second-order valence-electron chi connectivity index (χ2n) is 11.1. The van der Waals surface area contributed by atoms with Gasteiger partial charge >= 0.3 is 71.6 Å². The molecule has 0 heterocycles. The molecule has 0 N–H and O–H groups in total. The van der Waals surface area contributed by atoms with Crippen molar-refractivity contribution in [3.63, 3.8) is 0 Å². The van der Waals surface area contributed by atoms with E-state index in [1.807, 2.05) is 0 Å². The molecule has 0 aliphatic rings. The molecule has 1 aromatic carbocycles. The smallest absolute Gasteiger partial charge is 0.460 e. The van der Waals surface area contributed by atoms with Gasteiger partial charge in [0.2, 0.25) is 0 Å². The molecule has 1 aromatic rings. The number of hydrogen-bond acceptors (Lipinski definition) is 3. The summed E-state index contributed by atoms with van der Waals surface area (Å²) in [5.74, 6) is -79.8. The van der Waals surface area contributed by atoms with E-state index < -0.39 is 133 Å². The second kappa shape index (κ2) is 14.9.